The molecule has 21 heavy (non-hydrogen) atoms. The van der Waals surface area contributed by atoms with E-state index in [1.54, 1.807) is 0 Å². The standard InChI is InChI=1S/C15H26N2O3S/c1-21(19,20)16-10-15(18)17-6-2-3-14(17)9-13-8-11-4-5-12(13)7-11/h11-14,16H,2-10H2,1H3/t11-,12-,13-,14+/m0/s1. The molecular formula is C15H26N2O3S. The van der Waals surface area contributed by atoms with Crippen LogP contribution in [0.25, 0.3) is 0 Å². The first kappa shape index (κ1) is 15.3. The number of carbonyl (C=O) groups is 1. The van der Waals surface area contributed by atoms with Crippen molar-refractivity contribution < 1.29 is 13.2 Å². The van der Waals surface area contributed by atoms with Crippen LogP contribution < -0.4 is 4.72 Å². The second kappa shape index (κ2) is 5.88. The van der Waals surface area contributed by atoms with Crippen molar-refractivity contribution in [3.05, 3.63) is 0 Å². The molecular weight excluding hydrogens is 288 g/mol. The predicted molar refractivity (Wildman–Crippen MR) is 81.1 cm³/mol. The van der Waals surface area contributed by atoms with Crippen LogP contribution in [0.2, 0.25) is 0 Å². The minimum Gasteiger partial charge on any atom is -0.339 e. The zero-order valence-electron chi connectivity index (χ0n) is 12.8. The number of hydrogen-bond acceptors (Lipinski definition) is 3. The van der Waals surface area contributed by atoms with Gasteiger partial charge >= 0.3 is 0 Å². The number of fused-ring (bicyclic) bond motifs is 2. The summed E-state index contributed by atoms with van der Waals surface area (Å²) in [5, 5.41) is 0. The van der Waals surface area contributed by atoms with Gasteiger partial charge in [0, 0.05) is 12.6 Å². The van der Waals surface area contributed by atoms with E-state index in [9.17, 15) is 13.2 Å². The Morgan fingerprint density at radius 2 is 2.05 bits per heavy atom. The Kier molecular flexibility index (Phi) is 4.28. The topological polar surface area (TPSA) is 66.5 Å². The van der Waals surface area contributed by atoms with Gasteiger partial charge < -0.3 is 4.90 Å². The third-order valence-corrected chi connectivity index (χ3v) is 6.31. The van der Waals surface area contributed by atoms with Crippen LogP contribution in [0, 0.1) is 17.8 Å². The SMILES string of the molecule is CS(=O)(=O)NCC(=O)N1CCC[C@@H]1C[C@@H]1C[C@H]2CC[C@H]1C2. The molecule has 0 radical (unpaired) electrons. The van der Waals surface area contributed by atoms with E-state index in [-0.39, 0.29) is 12.5 Å². The van der Waals surface area contributed by atoms with Gasteiger partial charge in [0.15, 0.2) is 0 Å². The summed E-state index contributed by atoms with van der Waals surface area (Å²) in [6.07, 6.45) is 9.90. The maximum atomic E-state index is 12.2. The van der Waals surface area contributed by atoms with Crippen LogP contribution >= 0.6 is 0 Å². The van der Waals surface area contributed by atoms with Gasteiger partial charge in [0.1, 0.15) is 0 Å². The highest BCUT2D eigenvalue weighted by atomic mass is 32.2. The Bertz CT molecular complexity index is 505. The molecule has 1 heterocycles. The maximum absolute atomic E-state index is 12.2. The second-order valence-electron chi connectivity index (χ2n) is 7.15. The first-order valence-corrected chi connectivity index (χ1v) is 10.1. The van der Waals surface area contributed by atoms with Gasteiger partial charge in [0.25, 0.3) is 0 Å². The van der Waals surface area contributed by atoms with Gasteiger partial charge in [0.2, 0.25) is 15.9 Å². The molecule has 2 saturated carbocycles. The fraction of sp³-hybridized carbons (Fsp3) is 0.933. The molecule has 1 aliphatic heterocycles. The molecule has 3 aliphatic rings. The summed E-state index contributed by atoms with van der Waals surface area (Å²) in [4.78, 5) is 14.2. The van der Waals surface area contributed by atoms with Crippen molar-refractivity contribution in [1.82, 2.24) is 9.62 Å². The molecule has 6 heteroatoms. The summed E-state index contributed by atoms with van der Waals surface area (Å²) in [5.74, 6) is 2.57. The summed E-state index contributed by atoms with van der Waals surface area (Å²) in [7, 11) is -3.29. The summed E-state index contributed by atoms with van der Waals surface area (Å²) >= 11 is 0. The molecule has 3 rings (SSSR count). The highest BCUT2D eigenvalue weighted by molar-refractivity contribution is 7.88. The number of nitrogens with zero attached hydrogens (tertiary/aromatic N) is 1. The minimum atomic E-state index is -3.29. The smallest absolute Gasteiger partial charge is 0.237 e. The van der Waals surface area contributed by atoms with E-state index in [0.29, 0.717) is 6.04 Å². The summed E-state index contributed by atoms with van der Waals surface area (Å²) in [6, 6.07) is 0.336. The lowest BCUT2D eigenvalue weighted by Gasteiger charge is -2.30. The third-order valence-electron chi connectivity index (χ3n) is 5.64. The molecule has 120 valence electrons. The highest BCUT2D eigenvalue weighted by Crippen LogP contribution is 2.50. The lowest BCUT2D eigenvalue weighted by Crippen LogP contribution is -2.43. The Morgan fingerprint density at radius 1 is 1.24 bits per heavy atom. The Balaban J connectivity index is 1.54. The zero-order chi connectivity index (χ0) is 15.0. The van der Waals surface area contributed by atoms with E-state index in [4.69, 9.17) is 0 Å². The fourth-order valence-corrected chi connectivity index (χ4v) is 5.10. The minimum absolute atomic E-state index is 0.0638. The van der Waals surface area contributed by atoms with Crippen molar-refractivity contribution in [1.29, 1.82) is 0 Å². The van der Waals surface area contributed by atoms with Crippen molar-refractivity contribution in [3.63, 3.8) is 0 Å². The number of rotatable bonds is 5. The number of amides is 1. The average Bonchev–Trinajstić information content (AvgIpc) is 3.11. The molecule has 5 nitrogen and oxygen atoms in total. The highest BCUT2D eigenvalue weighted by Gasteiger charge is 2.41. The summed E-state index contributed by atoms with van der Waals surface area (Å²) in [5.41, 5.74) is 0. The quantitative estimate of drug-likeness (QED) is 0.833. The van der Waals surface area contributed by atoms with E-state index in [0.717, 1.165) is 49.8 Å². The predicted octanol–water partition coefficient (Wildman–Crippen LogP) is 1.35. The normalized spacial score (nSPS) is 35.6. The lowest BCUT2D eigenvalue weighted by atomic mass is 9.83. The average molecular weight is 314 g/mol. The van der Waals surface area contributed by atoms with E-state index in [1.165, 1.54) is 25.7 Å². The molecule has 0 unspecified atom stereocenters. The second-order valence-corrected chi connectivity index (χ2v) is 8.98. The summed E-state index contributed by atoms with van der Waals surface area (Å²) in [6.45, 7) is 0.696. The van der Waals surface area contributed by atoms with Crippen LogP contribution in [0.5, 0.6) is 0 Å². The van der Waals surface area contributed by atoms with Crippen LogP contribution in [0.3, 0.4) is 0 Å². The molecule has 0 spiro atoms. The van der Waals surface area contributed by atoms with Crippen molar-refractivity contribution in [2.24, 2.45) is 17.8 Å². The van der Waals surface area contributed by atoms with Gasteiger partial charge in [-0.3, -0.25) is 4.79 Å². The van der Waals surface area contributed by atoms with Crippen LogP contribution in [0.4, 0.5) is 0 Å². The van der Waals surface area contributed by atoms with Crippen LogP contribution in [0.1, 0.15) is 44.9 Å². The summed E-state index contributed by atoms with van der Waals surface area (Å²) < 4.78 is 24.6. The fourth-order valence-electron chi connectivity index (χ4n) is 4.72. The molecule has 4 atom stereocenters. The maximum Gasteiger partial charge on any atom is 0.237 e. The molecule has 1 N–H and O–H groups in total. The number of hydrogen-bond donors (Lipinski definition) is 1. The molecule has 2 aliphatic carbocycles. The number of sulfonamides is 1. The Morgan fingerprint density at radius 3 is 2.67 bits per heavy atom. The van der Waals surface area contributed by atoms with Gasteiger partial charge in [-0.25, -0.2) is 13.1 Å². The third kappa shape index (κ3) is 3.59. The Labute approximate surface area is 127 Å². The van der Waals surface area contributed by atoms with Crippen LogP contribution in [-0.2, 0) is 14.8 Å². The van der Waals surface area contributed by atoms with Crippen LogP contribution in [-0.4, -0.2) is 44.6 Å². The number of likely N-dealkylation sites (tertiary alicyclic amines) is 1. The van der Waals surface area contributed by atoms with Crippen LogP contribution in [0.15, 0.2) is 0 Å². The molecule has 1 saturated heterocycles. The van der Waals surface area contributed by atoms with Gasteiger partial charge in [0.05, 0.1) is 12.8 Å². The van der Waals surface area contributed by atoms with E-state index in [1.807, 2.05) is 4.90 Å². The molecule has 0 aromatic heterocycles. The van der Waals surface area contributed by atoms with Crippen molar-refractivity contribution >= 4 is 15.9 Å². The van der Waals surface area contributed by atoms with Crippen molar-refractivity contribution in [3.8, 4) is 0 Å². The van der Waals surface area contributed by atoms with Gasteiger partial charge in [-0.1, -0.05) is 6.42 Å². The number of carbonyl (C=O) groups excluding carboxylic acids is 1. The molecule has 0 aromatic carbocycles. The van der Waals surface area contributed by atoms with Gasteiger partial charge in [-0.2, -0.15) is 0 Å². The molecule has 0 aromatic rings. The molecule has 2 bridgehead atoms. The first-order valence-electron chi connectivity index (χ1n) is 8.16. The lowest BCUT2D eigenvalue weighted by molar-refractivity contribution is -0.131. The zero-order valence-corrected chi connectivity index (χ0v) is 13.6. The van der Waals surface area contributed by atoms with Crippen molar-refractivity contribution in [2.45, 2.75) is 51.0 Å². The Hall–Kier alpha value is -0.620. The van der Waals surface area contributed by atoms with Crippen molar-refractivity contribution in [2.75, 3.05) is 19.3 Å². The first-order chi connectivity index (χ1) is 9.92. The molecule has 3 fully saturated rings. The van der Waals surface area contributed by atoms with E-state index in [2.05, 4.69) is 4.72 Å². The van der Waals surface area contributed by atoms with E-state index < -0.39 is 10.0 Å². The van der Waals surface area contributed by atoms with Gasteiger partial charge in [-0.15, -0.1) is 0 Å². The largest absolute Gasteiger partial charge is 0.339 e. The monoisotopic (exact) mass is 314 g/mol. The molecule has 1 amide bonds. The number of nitrogens with one attached hydrogen (secondary N) is 1. The van der Waals surface area contributed by atoms with Gasteiger partial charge in [-0.05, 0) is 56.3 Å². The van der Waals surface area contributed by atoms with E-state index >= 15 is 0 Å².